The first-order chi connectivity index (χ1) is 9.27. The molecule has 1 heterocycles. The van der Waals surface area contributed by atoms with Crippen molar-refractivity contribution in [2.75, 3.05) is 13.1 Å². The van der Waals surface area contributed by atoms with Crippen LogP contribution in [0.1, 0.15) is 11.1 Å². The van der Waals surface area contributed by atoms with Crippen LogP contribution in [0.15, 0.2) is 53.5 Å². The van der Waals surface area contributed by atoms with Gasteiger partial charge < -0.3 is 9.88 Å². The summed E-state index contributed by atoms with van der Waals surface area (Å²) in [5.74, 6) is 0. The maximum Gasteiger partial charge on any atom is 0.250 e. The normalized spacial score (nSPS) is 10.6. The summed E-state index contributed by atoms with van der Waals surface area (Å²) in [6, 6.07) is 13.7. The molecule has 0 atom stereocenters. The average Bonchev–Trinajstić information content (AvgIpc) is 2.42. The molecule has 19 heavy (non-hydrogen) atoms. The second-order valence-electron chi connectivity index (χ2n) is 4.66. The highest BCUT2D eigenvalue weighted by molar-refractivity contribution is 5.25. The Balaban J connectivity index is 1.72. The van der Waals surface area contributed by atoms with E-state index in [1.54, 1.807) is 16.7 Å². The molecule has 0 saturated heterocycles. The Morgan fingerprint density at radius 1 is 1.05 bits per heavy atom. The average molecular weight is 256 g/mol. The van der Waals surface area contributed by atoms with Gasteiger partial charge in [-0.15, -0.1) is 0 Å². The highest BCUT2D eigenvalue weighted by atomic mass is 16.1. The predicted octanol–water partition coefficient (Wildman–Crippen LogP) is 1.99. The fourth-order valence-corrected chi connectivity index (χ4v) is 2.08. The third-order valence-electron chi connectivity index (χ3n) is 3.26. The van der Waals surface area contributed by atoms with Crippen LogP contribution in [0.5, 0.6) is 0 Å². The van der Waals surface area contributed by atoms with Gasteiger partial charge in [-0.25, -0.2) is 0 Å². The van der Waals surface area contributed by atoms with Gasteiger partial charge in [-0.2, -0.15) is 0 Å². The van der Waals surface area contributed by atoms with E-state index in [4.69, 9.17) is 0 Å². The summed E-state index contributed by atoms with van der Waals surface area (Å²) in [5.41, 5.74) is 2.78. The fraction of sp³-hybridized carbons (Fsp3) is 0.312. The van der Waals surface area contributed by atoms with Gasteiger partial charge in [0.25, 0.3) is 5.56 Å². The Labute approximate surface area is 113 Å². The third kappa shape index (κ3) is 4.07. The molecule has 0 saturated carbocycles. The molecule has 2 aromatic rings. The molecule has 0 unspecified atom stereocenters. The number of nitrogens with one attached hydrogen (secondary N) is 1. The summed E-state index contributed by atoms with van der Waals surface area (Å²) >= 11 is 0. The lowest BCUT2D eigenvalue weighted by molar-refractivity contribution is 0.586. The fourth-order valence-electron chi connectivity index (χ4n) is 2.08. The number of benzene rings is 1. The van der Waals surface area contributed by atoms with Gasteiger partial charge in [-0.3, -0.25) is 4.79 Å². The molecule has 0 aliphatic heterocycles. The largest absolute Gasteiger partial charge is 0.315 e. The summed E-state index contributed by atoms with van der Waals surface area (Å²) in [6.07, 6.45) is 2.85. The standard InChI is InChI=1S/C16H20N2O/c1-14-6-2-3-7-15(14)9-10-17-11-13-18-12-5-4-8-16(18)19/h2-8,12,17H,9-11,13H2,1H3. The second-order valence-corrected chi connectivity index (χ2v) is 4.66. The molecule has 0 aliphatic carbocycles. The van der Waals surface area contributed by atoms with Crippen LogP contribution in [0.4, 0.5) is 0 Å². The Hall–Kier alpha value is -1.87. The summed E-state index contributed by atoms with van der Waals surface area (Å²) < 4.78 is 1.72. The van der Waals surface area contributed by atoms with Crippen molar-refractivity contribution in [2.45, 2.75) is 19.9 Å². The van der Waals surface area contributed by atoms with Crippen molar-refractivity contribution in [1.29, 1.82) is 0 Å². The quantitative estimate of drug-likeness (QED) is 0.802. The zero-order valence-corrected chi connectivity index (χ0v) is 11.3. The molecule has 0 radical (unpaired) electrons. The molecule has 1 aromatic carbocycles. The van der Waals surface area contributed by atoms with Crippen LogP contribution in [0.2, 0.25) is 0 Å². The van der Waals surface area contributed by atoms with Crippen LogP contribution >= 0.6 is 0 Å². The van der Waals surface area contributed by atoms with Crippen LogP contribution < -0.4 is 10.9 Å². The summed E-state index contributed by atoms with van der Waals surface area (Å²) in [5, 5.41) is 3.38. The van der Waals surface area contributed by atoms with Gasteiger partial charge in [0.15, 0.2) is 0 Å². The van der Waals surface area contributed by atoms with E-state index in [-0.39, 0.29) is 5.56 Å². The first-order valence-electron chi connectivity index (χ1n) is 6.68. The molecule has 0 bridgehead atoms. The van der Waals surface area contributed by atoms with E-state index in [9.17, 15) is 4.79 Å². The second kappa shape index (κ2) is 6.90. The first kappa shape index (κ1) is 13.6. The minimum Gasteiger partial charge on any atom is -0.315 e. The van der Waals surface area contributed by atoms with Crippen molar-refractivity contribution in [2.24, 2.45) is 0 Å². The number of rotatable bonds is 6. The molecule has 0 aliphatic rings. The van der Waals surface area contributed by atoms with Crippen LogP contribution in [-0.2, 0) is 13.0 Å². The maximum absolute atomic E-state index is 11.5. The predicted molar refractivity (Wildman–Crippen MR) is 78.5 cm³/mol. The minimum atomic E-state index is 0.0585. The third-order valence-corrected chi connectivity index (χ3v) is 3.26. The van der Waals surface area contributed by atoms with Gasteiger partial charge in [0, 0.05) is 25.4 Å². The molecule has 0 amide bonds. The summed E-state index contributed by atoms with van der Waals surface area (Å²) in [7, 11) is 0. The van der Waals surface area contributed by atoms with Crippen molar-refractivity contribution in [3.05, 3.63) is 70.1 Å². The molecule has 0 spiro atoms. The van der Waals surface area contributed by atoms with Crippen molar-refractivity contribution in [3.8, 4) is 0 Å². The molecule has 1 aromatic heterocycles. The van der Waals surface area contributed by atoms with Crippen LogP contribution in [0.3, 0.4) is 0 Å². The van der Waals surface area contributed by atoms with Gasteiger partial charge in [-0.05, 0) is 37.1 Å². The Kier molecular flexibility index (Phi) is 4.93. The molecule has 2 rings (SSSR count). The monoisotopic (exact) mass is 256 g/mol. The number of aryl methyl sites for hydroxylation is 1. The summed E-state index contributed by atoms with van der Waals surface area (Å²) in [4.78, 5) is 11.5. The molecule has 1 N–H and O–H groups in total. The number of hydrogen-bond donors (Lipinski definition) is 1. The van der Waals surface area contributed by atoms with Gasteiger partial charge in [0.05, 0.1) is 0 Å². The highest BCUT2D eigenvalue weighted by Gasteiger charge is 1.97. The van der Waals surface area contributed by atoms with E-state index >= 15 is 0 Å². The van der Waals surface area contributed by atoms with Crippen LogP contribution in [0.25, 0.3) is 0 Å². The van der Waals surface area contributed by atoms with Gasteiger partial charge in [0.2, 0.25) is 0 Å². The molecular formula is C16H20N2O. The Bertz CT molecular complexity index is 575. The van der Waals surface area contributed by atoms with Crippen molar-refractivity contribution in [3.63, 3.8) is 0 Å². The molecule has 3 heteroatoms. The number of pyridine rings is 1. The Morgan fingerprint density at radius 2 is 1.84 bits per heavy atom. The van der Waals surface area contributed by atoms with Gasteiger partial charge in [0.1, 0.15) is 0 Å². The Morgan fingerprint density at radius 3 is 2.63 bits per heavy atom. The van der Waals surface area contributed by atoms with Gasteiger partial charge in [-0.1, -0.05) is 30.3 Å². The van der Waals surface area contributed by atoms with Crippen molar-refractivity contribution in [1.82, 2.24) is 9.88 Å². The summed E-state index contributed by atoms with van der Waals surface area (Å²) in [6.45, 7) is 4.61. The van der Waals surface area contributed by atoms with E-state index in [1.807, 2.05) is 12.3 Å². The molecule has 100 valence electrons. The smallest absolute Gasteiger partial charge is 0.250 e. The van der Waals surface area contributed by atoms with E-state index in [0.29, 0.717) is 6.54 Å². The number of aromatic nitrogens is 1. The van der Waals surface area contributed by atoms with Crippen molar-refractivity contribution < 1.29 is 0 Å². The number of hydrogen-bond acceptors (Lipinski definition) is 2. The zero-order valence-electron chi connectivity index (χ0n) is 11.3. The van der Waals surface area contributed by atoms with Crippen LogP contribution in [-0.4, -0.2) is 17.7 Å². The molecule has 3 nitrogen and oxygen atoms in total. The van der Waals surface area contributed by atoms with Crippen molar-refractivity contribution >= 4 is 0 Å². The lowest BCUT2D eigenvalue weighted by atomic mass is 10.1. The first-order valence-corrected chi connectivity index (χ1v) is 6.68. The SMILES string of the molecule is Cc1ccccc1CCNCCn1ccccc1=O. The molecule has 0 fully saturated rings. The van der Waals surface area contributed by atoms with Gasteiger partial charge >= 0.3 is 0 Å². The molecular weight excluding hydrogens is 236 g/mol. The highest BCUT2D eigenvalue weighted by Crippen LogP contribution is 2.06. The zero-order chi connectivity index (χ0) is 13.5. The maximum atomic E-state index is 11.5. The van der Waals surface area contributed by atoms with E-state index < -0.39 is 0 Å². The minimum absolute atomic E-state index is 0.0585. The van der Waals surface area contributed by atoms with E-state index in [1.165, 1.54) is 11.1 Å². The number of nitrogens with zero attached hydrogens (tertiary/aromatic N) is 1. The van der Waals surface area contributed by atoms with Crippen LogP contribution in [0, 0.1) is 6.92 Å². The lowest BCUT2D eigenvalue weighted by Crippen LogP contribution is -2.27. The van der Waals surface area contributed by atoms with E-state index in [0.717, 1.165) is 19.5 Å². The van der Waals surface area contributed by atoms with E-state index in [2.05, 4.69) is 36.5 Å². The lowest BCUT2D eigenvalue weighted by Gasteiger charge is -2.08. The topological polar surface area (TPSA) is 34.0 Å².